The number of ketones is 1. The van der Waals surface area contributed by atoms with Gasteiger partial charge in [0.2, 0.25) is 5.78 Å². The van der Waals surface area contributed by atoms with Crippen LogP contribution in [-0.2, 0) is 4.79 Å². The minimum Gasteiger partial charge on any atom is -0.361 e. The highest BCUT2D eigenvalue weighted by molar-refractivity contribution is 6.36. The Balaban J connectivity index is 2.81. The third-order valence-electron chi connectivity index (χ3n) is 2.89. The van der Waals surface area contributed by atoms with Crippen LogP contribution in [0.4, 0.5) is 0 Å². The first-order valence-corrected chi connectivity index (χ1v) is 5.95. The van der Waals surface area contributed by atoms with Gasteiger partial charge in [0.15, 0.2) is 0 Å². The minimum absolute atomic E-state index is 0.0881. The summed E-state index contributed by atoms with van der Waals surface area (Å²) in [6, 6.07) is 10.0. The standard InChI is InChI=1S/C14H18N2O/c1-3-7-13(10-14(17)11(2)16-15)12-8-5-4-6-9-12/h4-6,8-9,13H,3,7,10H2,1-2H3. The highest BCUT2D eigenvalue weighted by Crippen LogP contribution is 2.24. The molecule has 3 heteroatoms. The van der Waals surface area contributed by atoms with Crippen molar-refractivity contribution in [3.63, 3.8) is 0 Å². The van der Waals surface area contributed by atoms with E-state index in [1.165, 1.54) is 12.5 Å². The van der Waals surface area contributed by atoms with Crippen molar-refractivity contribution in [3.05, 3.63) is 41.4 Å². The van der Waals surface area contributed by atoms with E-state index in [1.54, 1.807) is 0 Å². The topological polar surface area (TPSA) is 53.5 Å². The number of rotatable bonds is 6. The van der Waals surface area contributed by atoms with Crippen molar-refractivity contribution in [3.8, 4) is 0 Å². The van der Waals surface area contributed by atoms with Crippen LogP contribution in [0.1, 0.15) is 44.6 Å². The average Bonchev–Trinajstić information content (AvgIpc) is 2.38. The van der Waals surface area contributed by atoms with Crippen LogP contribution in [0.3, 0.4) is 0 Å². The maximum atomic E-state index is 11.7. The summed E-state index contributed by atoms with van der Waals surface area (Å²) >= 11 is 0. The van der Waals surface area contributed by atoms with E-state index in [0.717, 1.165) is 12.8 Å². The lowest BCUT2D eigenvalue weighted by Gasteiger charge is -2.14. The van der Waals surface area contributed by atoms with E-state index >= 15 is 0 Å². The Morgan fingerprint density at radius 1 is 1.35 bits per heavy atom. The quantitative estimate of drug-likeness (QED) is 0.420. The average molecular weight is 230 g/mol. The third-order valence-corrected chi connectivity index (χ3v) is 2.89. The zero-order valence-electron chi connectivity index (χ0n) is 10.4. The Hall–Kier alpha value is -1.73. The molecule has 0 saturated heterocycles. The van der Waals surface area contributed by atoms with Crippen molar-refractivity contribution in [1.29, 1.82) is 0 Å². The molecule has 90 valence electrons. The molecule has 0 N–H and O–H groups in total. The molecule has 17 heavy (non-hydrogen) atoms. The molecule has 0 aliphatic carbocycles. The van der Waals surface area contributed by atoms with Gasteiger partial charge in [-0.1, -0.05) is 43.7 Å². The Labute approximate surface area is 102 Å². The van der Waals surface area contributed by atoms with Gasteiger partial charge in [-0.2, -0.15) is 4.79 Å². The van der Waals surface area contributed by atoms with Crippen LogP contribution in [-0.4, -0.2) is 16.3 Å². The summed E-state index contributed by atoms with van der Waals surface area (Å²) in [5, 5.41) is 0. The molecule has 3 nitrogen and oxygen atoms in total. The summed E-state index contributed by atoms with van der Waals surface area (Å²) in [5.74, 6) is 0.125. The molecule has 1 atom stereocenters. The molecule has 0 aromatic heterocycles. The van der Waals surface area contributed by atoms with Crippen molar-refractivity contribution in [2.24, 2.45) is 0 Å². The third kappa shape index (κ3) is 3.97. The summed E-state index contributed by atoms with van der Waals surface area (Å²) in [5.41, 5.74) is 9.94. The maximum Gasteiger partial charge on any atom is 0.331 e. The molecule has 0 spiro atoms. The highest BCUT2D eigenvalue weighted by atomic mass is 16.1. The zero-order valence-corrected chi connectivity index (χ0v) is 10.4. The normalized spacial score (nSPS) is 11.6. The van der Waals surface area contributed by atoms with E-state index in [4.69, 9.17) is 5.53 Å². The van der Waals surface area contributed by atoms with Crippen LogP contribution in [0, 0.1) is 0 Å². The fraction of sp³-hybridized carbons (Fsp3) is 0.429. The van der Waals surface area contributed by atoms with Crippen molar-refractivity contribution < 1.29 is 9.58 Å². The largest absolute Gasteiger partial charge is 0.361 e. The van der Waals surface area contributed by atoms with Gasteiger partial charge in [0, 0.05) is 13.3 Å². The lowest BCUT2D eigenvalue weighted by molar-refractivity contribution is -0.117. The van der Waals surface area contributed by atoms with Gasteiger partial charge in [0.25, 0.3) is 0 Å². The second-order valence-corrected chi connectivity index (χ2v) is 4.21. The van der Waals surface area contributed by atoms with E-state index in [1.807, 2.05) is 30.3 Å². The van der Waals surface area contributed by atoms with E-state index in [2.05, 4.69) is 11.7 Å². The van der Waals surface area contributed by atoms with Gasteiger partial charge in [-0.25, -0.2) is 0 Å². The van der Waals surface area contributed by atoms with Crippen molar-refractivity contribution in [2.45, 2.75) is 39.0 Å². The molecule has 1 aromatic rings. The van der Waals surface area contributed by atoms with Gasteiger partial charge in [-0.3, -0.25) is 4.79 Å². The van der Waals surface area contributed by atoms with Crippen LogP contribution < -0.4 is 0 Å². The number of hydrogen-bond acceptors (Lipinski definition) is 1. The second kappa shape index (κ2) is 6.77. The first-order valence-electron chi connectivity index (χ1n) is 5.95. The summed E-state index contributed by atoms with van der Waals surface area (Å²) in [7, 11) is 0. The Morgan fingerprint density at radius 2 is 2.00 bits per heavy atom. The van der Waals surface area contributed by atoms with Crippen molar-refractivity contribution in [2.75, 3.05) is 0 Å². The van der Waals surface area contributed by atoms with Crippen molar-refractivity contribution >= 4 is 11.5 Å². The Morgan fingerprint density at radius 3 is 2.53 bits per heavy atom. The predicted octanol–water partition coefficient (Wildman–Crippen LogP) is 3.22. The molecule has 0 aliphatic rings. The van der Waals surface area contributed by atoms with Crippen molar-refractivity contribution in [1.82, 2.24) is 0 Å². The number of nitrogens with zero attached hydrogens (tertiary/aromatic N) is 2. The van der Waals surface area contributed by atoms with Crippen LogP contribution in [0.25, 0.3) is 5.53 Å². The Bertz CT molecular complexity index is 419. The number of benzene rings is 1. The molecule has 1 rings (SSSR count). The highest BCUT2D eigenvalue weighted by Gasteiger charge is 2.20. The predicted molar refractivity (Wildman–Crippen MR) is 68.0 cm³/mol. The fourth-order valence-electron chi connectivity index (χ4n) is 1.89. The molecule has 0 heterocycles. The number of carbonyl (C=O) groups excluding carboxylic acids is 1. The first kappa shape index (κ1) is 13.3. The SMILES string of the molecule is CCCC(CC(=O)C(C)=[N+]=[N-])c1ccccc1. The molecule has 1 aromatic carbocycles. The maximum absolute atomic E-state index is 11.7. The van der Waals surface area contributed by atoms with Gasteiger partial charge in [0.1, 0.15) is 0 Å². The van der Waals surface area contributed by atoms with E-state index < -0.39 is 0 Å². The van der Waals surface area contributed by atoms with Gasteiger partial charge in [-0.05, 0) is 17.9 Å². The lowest BCUT2D eigenvalue weighted by atomic mass is 9.89. The molecule has 1 unspecified atom stereocenters. The second-order valence-electron chi connectivity index (χ2n) is 4.21. The summed E-state index contributed by atoms with van der Waals surface area (Å²) in [6.07, 6.45) is 2.41. The number of carbonyl (C=O) groups is 1. The summed E-state index contributed by atoms with van der Waals surface area (Å²) in [6.45, 7) is 3.64. The monoisotopic (exact) mass is 230 g/mol. The van der Waals surface area contributed by atoms with Gasteiger partial charge in [-0.15, -0.1) is 0 Å². The van der Waals surface area contributed by atoms with Gasteiger partial charge in [0.05, 0.1) is 0 Å². The summed E-state index contributed by atoms with van der Waals surface area (Å²) < 4.78 is 0. The first-order chi connectivity index (χ1) is 8.19. The van der Waals surface area contributed by atoms with Crippen LogP contribution in [0.2, 0.25) is 0 Å². The molecular weight excluding hydrogens is 212 g/mol. The zero-order chi connectivity index (χ0) is 12.7. The molecule has 0 fully saturated rings. The van der Waals surface area contributed by atoms with Gasteiger partial charge >= 0.3 is 5.71 Å². The van der Waals surface area contributed by atoms with E-state index in [0.29, 0.717) is 6.42 Å². The number of Topliss-reactive ketones (excluding diaryl/α,β-unsaturated/α-hetero) is 1. The smallest absolute Gasteiger partial charge is 0.331 e. The van der Waals surface area contributed by atoms with Gasteiger partial charge < -0.3 is 5.53 Å². The summed E-state index contributed by atoms with van der Waals surface area (Å²) in [4.78, 5) is 14.7. The number of hydrogen-bond donors (Lipinski definition) is 0. The molecule has 0 amide bonds. The van der Waals surface area contributed by atoms with E-state index in [-0.39, 0.29) is 17.4 Å². The lowest BCUT2D eigenvalue weighted by Crippen LogP contribution is -2.15. The molecule has 0 aliphatic heterocycles. The van der Waals surface area contributed by atoms with Crippen LogP contribution >= 0.6 is 0 Å². The Kier molecular flexibility index (Phi) is 5.31. The van der Waals surface area contributed by atoms with E-state index in [9.17, 15) is 4.79 Å². The molecule has 0 radical (unpaired) electrons. The molecular formula is C14H18N2O. The fourth-order valence-corrected chi connectivity index (χ4v) is 1.89. The molecule has 0 bridgehead atoms. The molecule has 0 saturated carbocycles. The van der Waals surface area contributed by atoms with Crippen LogP contribution in [0.5, 0.6) is 0 Å². The minimum atomic E-state index is -0.0881. The van der Waals surface area contributed by atoms with Crippen LogP contribution in [0.15, 0.2) is 30.3 Å².